The van der Waals surface area contributed by atoms with Crippen LogP contribution in [-0.4, -0.2) is 84.4 Å². The van der Waals surface area contributed by atoms with Crippen molar-refractivity contribution in [2.24, 2.45) is 5.92 Å². The van der Waals surface area contributed by atoms with Crippen molar-refractivity contribution in [2.45, 2.75) is 91.3 Å². The van der Waals surface area contributed by atoms with Crippen LogP contribution in [0.5, 0.6) is 0 Å². The normalized spacial score (nSPS) is 16.8. The summed E-state index contributed by atoms with van der Waals surface area (Å²) < 4.78 is 40.7. The summed E-state index contributed by atoms with van der Waals surface area (Å²) in [5.41, 5.74) is -0.261. The summed E-state index contributed by atoms with van der Waals surface area (Å²) >= 11 is 0. The van der Waals surface area contributed by atoms with Gasteiger partial charge in [-0.2, -0.15) is 13.8 Å². The largest absolute Gasteiger partial charge is 0.444 e. The third kappa shape index (κ3) is 9.14. The third-order valence-corrected chi connectivity index (χ3v) is 6.74. The van der Waals surface area contributed by atoms with Gasteiger partial charge in [0.25, 0.3) is 5.92 Å². The number of fused-ring (bicyclic) bond motifs is 1. The van der Waals surface area contributed by atoms with Crippen LogP contribution in [0.4, 0.5) is 25.3 Å². The number of ether oxygens (including phenoxy) is 2. The number of halogens is 2. The van der Waals surface area contributed by atoms with Gasteiger partial charge in [0.2, 0.25) is 11.9 Å². The van der Waals surface area contributed by atoms with Crippen molar-refractivity contribution in [2.75, 3.05) is 56.1 Å². The first-order valence-corrected chi connectivity index (χ1v) is 14.4. The molecule has 0 aromatic carbocycles. The second-order valence-corrected chi connectivity index (χ2v) is 12.0. The summed E-state index contributed by atoms with van der Waals surface area (Å²) in [5.74, 6) is -1.92. The van der Waals surface area contributed by atoms with Crippen molar-refractivity contribution in [3.63, 3.8) is 0 Å². The molecule has 12 heteroatoms. The molecule has 226 valence electrons. The molecule has 2 aliphatic rings. The van der Waals surface area contributed by atoms with Gasteiger partial charge in [0.05, 0.1) is 6.10 Å². The van der Waals surface area contributed by atoms with Gasteiger partial charge < -0.3 is 29.9 Å². The standard InChI is InChI=1S/C28H46F2N6O4/c1-7-14-35(15-13-32-26(38)40-27(4,5)6)22(37)18-39-20-16-36(17-20)24-21-9-8-11-28(29,30)23(21)33-25(34-24)31-12-10-19(2)3/h19-20H,7-18H2,1-6H3,(H,32,38)(H,31,33,34). The highest BCUT2D eigenvalue weighted by Crippen LogP contribution is 2.43. The highest BCUT2D eigenvalue weighted by Gasteiger charge is 2.42. The summed E-state index contributed by atoms with van der Waals surface area (Å²) in [6.07, 6.45) is 1.60. The molecule has 10 nitrogen and oxygen atoms in total. The number of hydrogen-bond acceptors (Lipinski definition) is 8. The molecule has 0 spiro atoms. The summed E-state index contributed by atoms with van der Waals surface area (Å²) in [7, 11) is 0. The van der Waals surface area contributed by atoms with E-state index >= 15 is 0 Å². The van der Waals surface area contributed by atoms with Crippen molar-refractivity contribution in [3.8, 4) is 0 Å². The van der Waals surface area contributed by atoms with Crippen LogP contribution in [-0.2, 0) is 26.6 Å². The molecule has 0 radical (unpaired) electrons. The van der Waals surface area contributed by atoms with E-state index in [1.807, 2.05) is 11.8 Å². The van der Waals surface area contributed by atoms with Crippen LogP contribution in [0.2, 0.25) is 0 Å². The van der Waals surface area contributed by atoms with Gasteiger partial charge in [0.1, 0.15) is 23.7 Å². The zero-order chi connectivity index (χ0) is 29.5. The number of hydrogen-bond donors (Lipinski definition) is 2. The Kier molecular flexibility index (Phi) is 10.9. The minimum Gasteiger partial charge on any atom is -0.444 e. The maximum Gasteiger partial charge on any atom is 0.407 e. The lowest BCUT2D eigenvalue weighted by Crippen LogP contribution is -2.54. The fourth-order valence-electron chi connectivity index (χ4n) is 4.66. The molecule has 0 unspecified atom stereocenters. The molecule has 2 amide bonds. The lowest BCUT2D eigenvalue weighted by Gasteiger charge is -2.41. The van der Waals surface area contributed by atoms with Crippen molar-refractivity contribution < 1.29 is 27.8 Å². The molecule has 2 heterocycles. The van der Waals surface area contributed by atoms with Crippen LogP contribution in [0.1, 0.15) is 78.5 Å². The van der Waals surface area contributed by atoms with Crippen LogP contribution in [0.15, 0.2) is 0 Å². The lowest BCUT2D eigenvalue weighted by atomic mass is 9.92. The fraction of sp³-hybridized carbons (Fsp3) is 0.786. The molecule has 1 aliphatic heterocycles. The Balaban J connectivity index is 1.54. The van der Waals surface area contributed by atoms with E-state index in [-0.39, 0.29) is 43.2 Å². The first kappa shape index (κ1) is 31.8. The van der Waals surface area contributed by atoms with E-state index in [9.17, 15) is 18.4 Å². The number of anilines is 2. The maximum absolute atomic E-state index is 14.8. The first-order valence-electron chi connectivity index (χ1n) is 14.4. The van der Waals surface area contributed by atoms with Crippen molar-refractivity contribution in [1.82, 2.24) is 20.2 Å². The van der Waals surface area contributed by atoms with Crippen LogP contribution in [0.3, 0.4) is 0 Å². The number of alkyl halides is 2. The lowest BCUT2D eigenvalue weighted by molar-refractivity contribution is -0.138. The number of carbonyl (C=O) groups excluding carboxylic acids is 2. The number of carbonyl (C=O) groups is 2. The third-order valence-electron chi connectivity index (χ3n) is 6.74. The number of alkyl carbamates (subject to hydrolysis) is 1. The van der Waals surface area contributed by atoms with Gasteiger partial charge in [-0.3, -0.25) is 4.79 Å². The Labute approximate surface area is 236 Å². The number of rotatable bonds is 13. The Morgan fingerprint density at radius 3 is 2.55 bits per heavy atom. The van der Waals surface area contributed by atoms with Crippen molar-refractivity contribution >= 4 is 23.8 Å². The van der Waals surface area contributed by atoms with E-state index in [0.717, 1.165) is 12.8 Å². The number of aromatic nitrogens is 2. The van der Waals surface area contributed by atoms with E-state index in [2.05, 4.69) is 34.4 Å². The maximum atomic E-state index is 14.8. The molecule has 2 N–H and O–H groups in total. The SMILES string of the molecule is CCCN(CCNC(=O)OC(C)(C)C)C(=O)COC1CN(c2nc(NCCC(C)C)nc3c2CCCC3(F)F)C1. The van der Waals surface area contributed by atoms with Crippen LogP contribution >= 0.6 is 0 Å². The predicted molar refractivity (Wildman–Crippen MR) is 150 cm³/mol. The molecule has 3 rings (SSSR count). The number of nitrogens with zero attached hydrogens (tertiary/aromatic N) is 4. The van der Waals surface area contributed by atoms with E-state index in [1.165, 1.54) is 0 Å². The first-order chi connectivity index (χ1) is 18.8. The zero-order valence-corrected chi connectivity index (χ0v) is 24.8. The average Bonchev–Trinajstić information content (AvgIpc) is 2.81. The van der Waals surface area contributed by atoms with E-state index in [4.69, 9.17) is 9.47 Å². The van der Waals surface area contributed by atoms with Gasteiger partial charge in [0, 0.05) is 51.3 Å². The van der Waals surface area contributed by atoms with Crippen molar-refractivity contribution in [1.29, 1.82) is 0 Å². The average molecular weight is 569 g/mol. The summed E-state index contributed by atoms with van der Waals surface area (Å²) in [5, 5.41) is 5.79. The Morgan fingerprint density at radius 2 is 1.90 bits per heavy atom. The summed E-state index contributed by atoms with van der Waals surface area (Å²) in [4.78, 5) is 37.1. The molecule has 1 aromatic heterocycles. The Morgan fingerprint density at radius 1 is 1.18 bits per heavy atom. The molecule has 40 heavy (non-hydrogen) atoms. The number of amides is 2. The van der Waals surface area contributed by atoms with Gasteiger partial charge >= 0.3 is 6.09 Å². The Bertz CT molecular complexity index is 1010. The molecule has 1 fully saturated rings. The monoisotopic (exact) mass is 568 g/mol. The fourth-order valence-corrected chi connectivity index (χ4v) is 4.66. The zero-order valence-electron chi connectivity index (χ0n) is 24.8. The molecule has 0 atom stereocenters. The summed E-state index contributed by atoms with van der Waals surface area (Å²) in [6.45, 7) is 14.1. The van der Waals surface area contributed by atoms with Gasteiger partial charge in [-0.15, -0.1) is 0 Å². The van der Waals surface area contributed by atoms with Gasteiger partial charge in [0.15, 0.2) is 0 Å². The predicted octanol–water partition coefficient (Wildman–Crippen LogP) is 4.33. The minimum absolute atomic E-state index is 0.0904. The molecule has 1 saturated heterocycles. The molecular weight excluding hydrogens is 522 g/mol. The van der Waals surface area contributed by atoms with Crippen LogP contribution in [0, 0.1) is 5.92 Å². The second-order valence-electron chi connectivity index (χ2n) is 12.0. The van der Waals surface area contributed by atoms with Gasteiger partial charge in [-0.05, 0) is 52.4 Å². The van der Waals surface area contributed by atoms with Crippen LogP contribution in [0.25, 0.3) is 0 Å². The van der Waals surface area contributed by atoms with E-state index in [1.54, 1.807) is 25.7 Å². The molecular formula is C28H46F2N6O4. The minimum atomic E-state index is -2.98. The smallest absolute Gasteiger partial charge is 0.407 e. The topological polar surface area (TPSA) is 109 Å². The van der Waals surface area contributed by atoms with E-state index < -0.39 is 17.6 Å². The summed E-state index contributed by atoms with van der Waals surface area (Å²) in [6, 6.07) is 0. The molecule has 1 aliphatic carbocycles. The van der Waals surface area contributed by atoms with Crippen molar-refractivity contribution in [3.05, 3.63) is 11.3 Å². The Hall–Kier alpha value is -2.76. The second kappa shape index (κ2) is 13.7. The van der Waals surface area contributed by atoms with Crippen LogP contribution < -0.4 is 15.5 Å². The van der Waals surface area contributed by atoms with Gasteiger partial charge in [-0.1, -0.05) is 20.8 Å². The quantitative estimate of drug-likeness (QED) is 0.362. The molecule has 1 aromatic rings. The highest BCUT2D eigenvalue weighted by atomic mass is 19.3. The van der Waals surface area contributed by atoms with E-state index in [0.29, 0.717) is 62.9 Å². The van der Waals surface area contributed by atoms with Gasteiger partial charge in [-0.25, -0.2) is 9.78 Å². The molecule has 0 saturated carbocycles. The highest BCUT2D eigenvalue weighted by molar-refractivity contribution is 5.77. The number of nitrogens with one attached hydrogen (secondary N) is 2. The molecule has 0 bridgehead atoms.